The van der Waals surface area contributed by atoms with Gasteiger partial charge in [-0.1, -0.05) is 54.6 Å². The summed E-state index contributed by atoms with van der Waals surface area (Å²) in [6, 6.07) is 19.5. The van der Waals surface area contributed by atoms with Crippen molar-refractivity contribution in [2.45, 2.75) is 19.9 Å². The van der Waals surface area contributed by atoms with Crippen LogP contribution in [-0.4, -0.2) is 21.0 Å². The van der Waals surface area contributed by atoms with Crippen LogP contribution in [0.2, 0.25) is 0 Å². The standard InChI is InChI=1S/C24H22N4O2/c1-16-8-6-7-11-19(16)21(18-9-4-3-5-10-18)22(30-15-29)17(2)28-13-12-20-23(25)26-14-27-24(20)28/h3-15,17H,1-2H3,(H2,25,26,27)/b22-21-. The van der Waals surface area contributed by atoms with Gasteiger partial charge in [0.1, 0.15) is 23.6 Å². The highest BCUT2D eigenvalue weighted by molar-refractivity contribution is 5.87. The third-order valence-electron chi connectivity index (χ3n) is 5.24. The van der Waals surface area contributed by atoms with E-state index < -0.39 is 0 Å². The number of nitrogens with zero attached hydrogens (tertiary/aromatic N) is 3. The second-order valence-electron chi connectivity index (χ2n) is 7.03. The molecule has 0 aliphatic carbocycles. The molecule has 0 bridgehead atoms. The first kappa shape index (κ1) is 19.4. The summed E-state index contributed by atoms with van der Waals surface area (Å²) in [5.74, 6) is 0.940. The van der Waals surface area contributed by atoms with Crippen LogP contribution >= 0.6 is 0 Å². The molecule has 0 saturated carbocycles. The van der Waals surface area contributed by atoms with Gasteiger partial charge in [-0.3, -0.25) is 4.79 Å². The van der Waals surface area contributed by atoms with E-state index in [1.165, 1.54) is 6.33 Å². The van der Waals surface area contributed by atoms with E-state index in [-0.39, 0.29) is 6.04 Å². The van der Waals surface area contributed by atoms with Crippen LogP contribution in [0.5, 0.6) is 0 Å². The number of benzene rings is 2. The number of aromatic nitrogens is 3. The van der Waals surface area contributed by atoms with Gasteiger partial charge in [0.2, 0.25) is 0 Å². The number of aryl methyl sites for hydroxylation is 1. The van der Waals surface area contributed by atoms with E-state index in [9.17, 15) is 4.79 Å². The van der Waals surface area contributed by atoms with E-state index in [0.29, 0.717) is 23.7 Å². The van der Waals surface area contributed by atoms with Crippen molar-refractivity contribution in [3.8, 4) is 0 Å². The zero-order valence-corrected chi connectivity index (χ0v) is 16.8. The molecule has 30 heavy (non-hydrogen) atoms. The third-order valence-corrected chi connectivity index (χ3v) is 5.24. The molecule has 2 aromatic carbocycles. The molecule has 2 aromatic heterocycles. The van der Waals surface area contributed by atoms with E-state index >= 15 is 0 Å². The zero-order chi connectivity index (χ0) is 21.1. The largest absolute Gasteiger partial charge is 0.430 e. The molecular weight excluding hydrogens is 376 g/mol. The van der Waals surface area contributed by atoms with Crippen LogP contribution in [0.15, 0.2) is 78.9 Å². The van der Waals surface area contributed by atoms with Crippen molar-refractivity contribution in [1.29, 1.82) is 0 Å². The predicted octanol–water partition coefficient (Wildman–Crippen LogP) is 4.52. The number of nitrogens with two attached hydrogens (primary N) is 1. The van der Waals surface area contributed by atoms with Crippen LogP contribution in [-0.2, 0) is 9.53 Å². The number of hydrogen-bond acceptors (Lipinski definition) is 5. The molecular formula is C24H22N4O2. The van der Waals surface area contributed by atoms with Crippen molar-refractivity contribution in [3.05, 3.63) is 95.6 Å². The van der Waals surface area contributed by atoms with E-state index in [2.05, 4.69) is 9.97 Å². The van der Waals surface area contributed by atoms with Crippen LogP contribution in [0.4, 0.5) is 5.82 Å². The summed E-state index contributed by atoms with van der Waals surface area (Å²) in [5, 5.41) is 0.756. The predicted molar refractivity (Wildman–Crippen MR) is 117 cm³/mol. The Morgan fingerprint density at radius 3 is 2.53 bits per heavy atom. The molecule has 0 saturated heterocycles. The number of allylic oxidation sites excluding steroid dienone is 1. The highest BCUT2D eigenvalue weighted by Crippen LogP contribution is 2.36. The third kappa shape index (κ3) is 3.43. The van der Waals surface area contributed by atoms with Gasteiger partial charge in [0.05, 0.1) is 11.4 Å². The van der Waals surface area contributed by atoms with Crippen molar-refractivity contribution >= 4 is 28.9 Å². The van der Waals surface area contributed by atoms with Gasteiger partial charge >= 0.3 is 0 Å². The molecule has 0 fully saturated rings. The topological polar surface area (TPSA) is 83.0 Å². The number of fused-ring (bicyclic) bond motifs is 1. The molecule has 2 heterocycles. The van der Waals surface area contributed by atoms with Gasteiger partial charge < -0.3 is 15.0 Å². The van der Waals surface area contributed by atoms with E-state index in [4.69, 9.17) is 10.5 Å². The molecule has 6 heteroatoms. The van der Waals surface area contributed by atoms with Gasteiger partial charge in [-0.25, -0.2) is 9.97 Å². The summed E-state index contributed by atoms with van der Waals surface area (Å²) in [5.41, 5.74) is 10.6. The van der Waals surface area contributed by atoms with Crippen molar-refractivity contribution in [1.82, 2.24) is 14.5 Å². The van der Waals surface area contributed by atoms with Crippen LogP contribution < -0.4 is 5.73 Å². The quantitative estimate of drug-likeness (QED) is 0.381. The Hall–Kier alpha value is -3.93. The molecule has 0 radical (unpaired) electrons. The van der Waals surface area contributed by atoms with Crippen molar-refractivity contribution in [2.24, 2.45) is 0 Å². The molecule has 1 unspecified atom stereocenters. The highest BCUT2D eigenvalue weighted by atomic mass is 16.5. The maximum absolute atomic E-state index is 11.5. The molecule has 6 nitrogen and oxygen atoms in total. The molecule has 1 atom stereocenters. The number of carbonyl (C=O) groups excluding carboxylic acids is 1. The lowest BCUT2D eigenvalue weighted by Crippen LogP contribution is -2.13. The fourth-order valence-corrected chi connectivity index (χ4v) is 3.74. The number of rotatable bonds is 6. The maximum Gasteiger partial charge on any atom is 0.298 e. The van der Waals surface area contributed by atoms with Gasteiger partial charge in [-0.2, -0.15) is 0 Å². The summed E-state index contributed by atoms with van der Waals surface area (Å²) >= 11 is 0. The first-order chi connectivity index (χ1) is 14.6. The molecule has 2 N–H and O–H groups in total. The van der Waals surface area contributed by atoms with Crippen LogP contribution in [0, 0.1) is 6.92 Å². The summed E-state index contributed by atoms with van der Waals surface area (Å²) < 4.78 is 7.57. The lowest BCUT2D eigenvalue weighted by molar-refractivity contribution is -0.125. The van der Waals surface area contributed by atoms with Crippen LogP contribution in [0.25, 0.3) is 16.6 Å². The first-order valence-corrected chi connectivity index (χ1v) is 9.64. The minimum atomic E-state index is -0.322. The summed E-state index contributed by atoms with van der Waals surface area (Å²) in [6.45, 7) is 4.49. The minimum absolute atomic E-state index is 0.322. The van der Waals surface area contributed by atoms with Gasteiger partial charge in [-0.15, -0.1) is 0 Å². The molecule has 4 aromatic rings. The van der Waals surface area contributed by atoms with Gasteiger partial charge in [0, 0.05) is 11.8 Å². The Bertz CT molecular complexity index is 1230. The van der Waals surface area contributed by atoms with Crippen molar-refractivity contribution < 1.29 is 9.53 Å². The summed E-state index contributed by atoms with van der Waals surface area (Å²) in [7, 11) is 0. The summed E-state index contributed by atoms with van der Waals surface area (Å²) in [4.78, 5) is 20.0. The van der Waals surface area contributed by atoms with Crippen molar-refractivity contribution in [3.63, 3.8) is 0 Å². The minimum Gasteiger partial charge on any atom is -0.430 e. The zero-order valence-electron chi connectivity index (χ0n) is 16.8. The molecule has 0 aliphatic heterocycles. The van der Waals surface area contributed by atoms with E-state index in [1.807, 2.05) is 85.3 Å². The average Bonchev–Trinajstić information content (AvgIpc) is 3.20. The molecule has 0 spiro atoms. The monoisotopic (exact) mass is 398 g/mol. The molecule has 150 valence electrons. The molecule has 0 aliphatic rings. The molecule has 0 amide bonds. The lowest BCUT2D eigenvalue weighted by Gasteiger charge is -2.22. The fourth-order valence-electron chi connectivity index (χ4n) is 3.74. The number of carbonyl (C=O) groups is 1. The highest BCUT2D eigenvalue weighted by Gasteiger charge is 2.23. The normalized spacial score (nSPS) is 13.0. The maximum atomic E-state index is 11.5. The Balaban J connectivity index is 1.99. The first-order valence-electron chi connectivity index (χ1n) is 9.64. The Labute approximate surface area is 174 Å². The number of anilines is 1. The van der Waals surface area contributed by atoms with Gasteiger partial charge in [-0.05, 0) is 36.6 Å². The van der Waals surface area contributed by atoms with Crippen molar-refractivity contribution in [2.75, 3.05) is 5.73 Å². The van der Waals surface area contributed by atoms with Gasteiger partial charge in [0.25, 0.3) is 6.47 Å². The lowest BCUT2D eigenvalue weighted by atomic mass is 9.91. The van der Waals surface area contributed by atoms with E-state index in [0.717, 1.165) is 27.6 Å². The van der Waals surface area contributed by atoms with E-state index in [1.54, 1.807) is 0 Å². The fraction of sp³-hybridized carbons (Fsp3) is 0.125. The van der Waals surface area contributed by atoms with Gasteiger partial charge in [0.15, 0.2) is 0 Å². The SMILES string of the molecule is Cc1ccccc1/C(=C(\OC=O)C(C)n1ccc2c(N)ncnc21)c1ccccc1. The molecule has 4 rings (SSSR count). The number of hydrogen-bond donors (Lipinski definition) is 1. The average molecular weight is 398 g/mol. The Kier molecular flexibility index (Phi) is 5.30. The smallest absolute Gasteiger partial charge is 0.298 e. The van der Waals surface area contributed by atoms with Crippen LogP contribution in [0.3, 0.4) is 0 Å². The Morgan fingerprint density at radius 1 is 1.07 bits per heavy atom. The summed E-state index contributed by atoms with van der Waals surface area (Å²) in [6.07, 6.45) is 3.32. The Morgan fingerprint density at radius 2 is 1.80 bits per heavy atom. The number of nitrogen functional groups attached to an aromatic ring is 1. The second kappa shape index (κ2) is 8.21. The number of ether oxygens (including phenoxy) is 1. The second-order valence-corrected chi connectivity index (χ2v) is 7.03. The van der Waals surface area contributed by atoms with Crippen LogP contribution in [0.1, 0.15) is 29.7 Å².